The van der Waals surface area contributed by atoms with Crippen LogP contribution in [0.5, 0.6) is 0 Å². The average molecular weight is 379 g/mol. The third kappa shape index (κ3) is 4.88. The molecule has 0 aliphatic carbocycles. The van der Waals surface area contributed by atoms with E-state index in [2.05, 4.69) is 10.3 Å². The number of hydrogen-bond donors (Lipinski definition) is 2. The fourth-order valence-corrected chi connectivity index (χ4v) is 3.43. The minimum atomic E-state index is -0.433. The number of hydrogen-bond acceptors (Lipinski definition) is 5. The van der Waals surface area contributed by atoms with E-state index in [1.54, 1.807) is 32.8 Å². The van der Waals surface area contributed by atoms with Gasteiger partial charge in [0.05, 0.1) is 24.7 Å². The maximum Gasteiger partial charge on any atom is 0.340 e. The number of aromatic nitrogens is 1. The topological polar surface area (TPSA) is 101 Å². The molecule has 1 aliphatic heterocycles. The van der Waals surface area contributed by atoms with Crippen molar-refractivity contribution in [3.63, 3.8) is 0 Å². The fourth-order valence-electron chi connectivity index (χ4n) is 3.43. The van der Waals surface area contributed by atoms with Crippen molar-refractivity contribution in [2.45, 2.75) is 33.6 Å². The van der Waals surface area contributed by atoms with E-state index in [-0.39, 0.29) is 24.3 Å². The molecule has 0 radical (unpaired) electrons. The highest BCUT2D eigenvalue weighted by Crippen LogP contribution is 2.23. The average Bonchev–Trinajstić information content (AvgIpc) is 2.95. The second-order valence-corrected chi connectivity index (χ2v) is 6.72. The van der Waals surface area contributed by atoms with Crippen LogP contribution in [0, 0.1) is 19.8 Å². The van der Waals surface area contributed by atoms with Crippen LogP contribution in [0.2, 0.25) is 0 Å². The van der Waals surface area contributed by atoms with Crippen LogP contribution >= 0.6 is 0 Å². The number of likely N-dealkylation sites (tertiary alicyclic amines) is 1. The molecular weight excluding hydrogens is 350 g/mol. The van der Waals surface area contributed by atoms with Gasteiger partial charge in [-0.3, -0.25) is 9.59 Å². The van der Waals surface area contributed by atoms with E-state index in [0.29, 0.717) is 48.8 Å². The number of carbonyl (C=O) groups is 3. The van der Waals surface area contributed by atoms with Crippen molar-refractivity contribution in [1.82, 2.24) is 15.2 Å². The molecule has 1 saturated heterocycles. The quantitative estimate of drug-likeness (QED) is 0.551. The lowest BCUT2D eigenvalue weighted by molar-refractivity contribution is -0.126. The zero-order valence-electron chi connectivity index (χ0n) is 16.5. The summed E-state index contributed by atoms with van der Waals surface area (Å²) < 4.78 is 10.0. The Hall–Kier alpha value is -2.35. The normalized spacial score (nSPS) is 16.9. The van der Waals surface area contributed by atoms with Crippen molar-refractivity contribution in [1.29, 1.82) is 0 Å². The van der Waals surface area contributed by atoms with Crippen molar-refractivity contribution in [2.75, 3.05) is 40.0 Å². The first-order valence-corrected chi connectivity index (χ1v) is 9.32. The molecule has 8 nitrogen and oxygen atoms in total. The molecule has 0 saturated carbocycles. The van der Waals surface area contributed by atoms with Gasteiger partial charge in [0, 0.05) is 32.4 Å². The maximum absolute atomic E-state index is 13.0. The Morgan fingerprint density at radius 3 is 2.70 bits per heavy atom. The predicted octanol–water partition coefficient (Wildman–Crippen LogP) is 1.42. The number of carbonyl (C=O) groups excluding carboxylic acids is 3. The van der Waals surface area contributed by atoms with Gasteiger partial charge < -0.3 is 24.7 Å². The number of nitrogens with zero attached hydrogens (tertiary/aromatic N) is 1. The number of aromatic amines is 1. The second kappa shape index (κ2) is 9.55. The number of rotatable bonds is 7. The highest BCUT2D eigenvalue weighted by atomic mass is 16.5. The molecule has 2 amide bonds. The lowest BCUT2D eigenvalue weighted by Crippen LogP contribution is -2.46. The number of piperidine rings is 1. The summed E-state index contributed by atoms with van der Waals surface area (Å²) >= 11 is 0. The van der Waals surface area contributed by atoms with E-state index in [4.69, 9.17) is 9.47 Å². The van der Waals surface area contributed by atoms with Crippen LogP contribution in [0.25, 0.3) is 0 Å². The van der Waals surface area contributed by atoms with Crippen molar-refractivity contribution >= 4 is 17.8 Å². The standard InChI is InChI=1S/C19H29N3O5/c1-5-27-19(25)15-12(2)16(21-13(15)3)18(24)22-9-6-7-14(11-22)17(23)20-8-10-26-4/h14,21H,5-11H2,1-4H3,(H,20,23)/t14-/m0/s1. The number of methoxy groups -OCH3 is 1. The molecule has 0 unspecified atom stereocenters. The number of H-pyrrole nitrogens is 1. The molecule has 0 spiro atoms. The molecule has 1 aromatic rings. The predicted molar refractivity (Wildman–Crippen MR) is 99.7 cm³/mol. The number of amides is 2. The Morgan fingerprint density at radius 2 is 2.04 bits per heavy atom. The van der Waals surface area contributed by atoms with Crippen molar-refractivity contribution < 1.29 is 23.9 Å². The van der Waals surface area contributed by atoms with Crippen LogP contribution in [-0.4, -0.2) is 67.6 Å². The van der Waals surface area contributed by atoms with Gasteiger partial charge in [0.2, 0.25) is 5.91 Å². The molecule has 1 fully saturated rings. The van der Waals surface area contributed by atoms with Crippen LogP contribution in [-0.2, 0) is 14.3 Å². The zero-order chi connectivity index (χ0) is 20.0. The van der Waals surface area contributed by atoms with Crippen LogP contribution in [0.1, 0.15) is 51.9 Å². The Bertz CT molecular complexity index is 698. The van der Waals surface area contributed by atoms with E-state index >= 15 is 0 Å². The van der Waals surface area contributed by atoms with Crippen LogP contribution < -0.4 is 5.32 Å². The molecule has 2 N–H and O–H groups in total. The van der Waals surface area contributed by atoms with Gasteiger partial charge in [0.25, 0.3) is 5.91 Å². The molecule has 1 atom stereocenters. The third-order valence-electron chi connectivity index (χ3n) is 4.82. The number of aryl methyl sites for hydroxylation is 1. The van der Waals surface area contributed by atoms with Gasteiger partial charge in [-0.1, -0.05) is 0 Å². The summed E-state index contributed by atoms with van der Waals surface area (Å²) in [4.78, 5) is 42.1. The molecule has 0 bridgehead atoms. The summed E-state index contributed by atoms with van der Waals surface area (Å²) in [6, 6.07) is 0. The monoisotopic (exact) mass is 379 g/mol. The van der Waals surface area contributed by atoms with Crippen molar-refractivity contribution in [2.24, 2.45) is 5.92 Å². The lowest BCUT2D eigenvalue weighted by atomic mass is 9.96. The first-order valence-electron chi connectivity index (χ1n) is 9.32. The number of ether oxygens (including phenoxy) is 2. The van der Waals surface area contributed by atoms with Gasteiger partial charge in [-0.2, -0.15) is 0 Å². The molecule has 1 aliphatic rings. The van der Waals surface area contributed by atoms with Gasteiger partial charge in [-0.25, -0.2) is 4.79 Å². The van der Waals surface area contributed by atoms with Gasteiger partial charge in [-0.15, -0.1) is 0 Å². The Kier molecular flexibility index (Phi) is 7.41. The summed E-state index contributed by atoms with van der Waals surface area (Å²) in [6.07, 6.45) is 1.51. The number of nitrogens with one attached hydrogen (secondary N) is 2. The van der Waals surface area contributed by atoms with Gasteiger partial charge in [-0.05, 0) is 39.2 Å². The minimum Gasteiger partial charge on any atom is -0.462 e. The Labute approximate surface area is 159 Å². The summed E-state index contributed by atoms with van der Waals surface area (Å²) in [6.45, 7) is 7.37. The SMILES string of the molecule is CCOC(=O)c1c(C)[nH]c(C(=O)N2CCC[C@H](C(=O)NCCOC)C2)c1C. The van der Waals surface area contributed by atoms with Gasteiger partial charge >= 0.3 is 5.97 Å². The number of esters is 1. The van der Waals surface area contributed by atoms with Crippen molar-refractivity contribution in [3.8, 4) is 0 Å². The molecule has 27 heavy (non-hydrogen) atoms. The minimum absolute atomic E-state index is 0.0591. The lowest BCUT2D eigenvalue weighted by Gasteiger charge is -2.32. The fraction of sp³-hybridized carbons (Fsp3) is 0.632. The van der Waals surface area contributed by atoms with E-state index in [1.165, 1.54) is 0 Å². The van der Waals surface area contributed by atoms with Gasteiger partial charge in [0.15, 0.2) is 0 Å². The van der Waals surface area contributed by atoms with Crippen LogP contribution in [0.3, 0.4) is 0 Å². The largest absolute Gasteiger partial charge is 0.462 e. The van der Waals surface area contributed by atoms with E-state index in [0.717, 1.165) is 12.8 Å². The first-order chi connectivity index (χ1) is 12.9. The molecular formula is C19H29N3O5. The van der Waals surface area contributed by atoms with Crippen LogP contribution in [0.15, 0.2) is 0 Å². The second-order valence-electron chi connectivity index (χ2n) is 6.72. The maximum atomic E-state index is 13.0. The van der Waals surface area contributed by atoms with Gasteiger partial charge in [0.1, 0.15) is 5.69 Å². The molecule has 150 valence electrons. The summed E-state index contributed by atoms with van der Waals surface area (Å²) in [5, 5.41) is 2.84. The molecule has 8 heteroatoms. The molecule has 2 heterocycles. The highest BCUT2D eigenvalue weighted by molar-refractivity contribution is 6.00. The third-order valence-corrected chi connectivity index (χ3v) is 4.82. The van der Waals surface area contributed by atoms with E-state index in [9.17, 15) is 14.4 Å². The smallest absolute Gasteiger partial charge is 0.340 e. The summed E-state index contributed by atoms with van der Waals surface area (Å²) in [7, 11) is 1.58. The molecule has 0 aromatic carbocycles. The molecule has 1 aromatic heterocycles. The highest BCUT2D eigenvalue weighted by Gasteiger charge is 2.31. The molecule has 2 rings (SSSR count). The zero-order valence-corrected chi connectivity index (χ0v) is 16.5. The van der Waals surface area contributed by atoms with E-state index < -0.39 is 5.97 Å². The first kappa shape index (κ1) is 21.0. The Morgan fingerprint density at radius 1 is 1.30 bits per heavy atom. The van der Waals surface area contributed by atoms with E-state index in [1.807, 2.05) is 0 Å². The van der Waals surface area contributed by atoms with Crippen molar-refractivity contribution in [3.05, 3.63) is 22.5 Å². The summed E-state index contributed by atoms with van der Waals surface area (Å²) in [5.74, 6) is -0.922. The Balaban J connectivity index is 2.10. The van der Waals surface area contributed by atoms with Crippen LogP contribution in [0.4, 0.5) is 0 Å². The summed E-state index contributed by atoms with van der Waals surface area (Å²) in [5.41, 5.74) is 1.99.